The fourth-order valence-electron chi connectivity index (χ4n) is 3.79. The van der Waals surface area contributed by atoms with Gasteiger partial charge in [-0.15, -0.1) is 10.2 Å². The number of nitrogen functional groups attached to an aromatic ring is 1. The van der Waals surface area contributed by atoms with Gasteiger partial charge in [0.25, 0.3) is 5.89 Å². The van der Waals surface area contributed by atoms with Gasteiger partial charge in [0, 0.05) is 12.0 Å². The second-order valence-corrected chi connectivity index (χ2v) is 7.49. The molecule has 2 N–H and O–H groups in total. The highest BCUT2D eigenvalue weighted by atomic mass is 35.5. The third-order valence-electron chi connectivity index (χ3n) is 5.20. The molecule has 26 heavy (non-hydrogen) atoms. The van der Waals surface area contributed by atoms with Gasteiger partial charge in [-0.3, -0.25) is 0 Å². The van der Waals surface area contributed by atoms with E-state index in [2.05, 4.69) is 15.1 Å². The molecule has 1 saturated heterocycles. The highest BCUT2D eigenvalue weighted by Crippen LogP contribution is 2.42. The Hall–Kier alpha value is -1.79. The van der Waals surface area contributed by atoms with Crippen molar-refractivity contribution in [2.24, 2.45) is 0 Å². The second kappa shape index (κ2) is 7.84. The van der Waals surface area contributed by atoms with E-state index in [-0.39, 0.29) is 0 Å². The number of nitrogens with zero attached hydrogens (tertiary/aromatic N) is 3. The molecule has 0 radical (unpaired) electrons. The minimum Gasteiger partial charge on any atom is -0.492 e. The summed E-state index contributed by atoms with van der Waals surface area (Å²) < 4.78 is 11.7. The highest BCUT2D eigenvalue weighted by molar-refractivity contribution is 6.33. The first kappa shape index (κ1) is 17.6. The summed E-state index contributed by atoms with van der Waals surface area (Å²) in [6.45, 7) is 4.17. The zero-order valence-corrected chi connectivity index (χ0v) is 15.7. The zero-order valence-electron chi connectivity index (χ0n) is 15.0. The number of benzene rings is 1. The van der Waals surface area contributed by atoms with Crippen LogP contribution in [0, 0.1) is 0 Å². The van der Waals surface area contributed by atoms with E-state index in [0.29, 0.717) is 29.1 Å². The number of halogens is 1. The third-order valence-corrected chi connectivity index (χ3v) is 5.51. The van der Waals surface area contributed by atoms with Crippen LogP contribution in [0.5, 0.6) is 5.75 Å². The van der Waals surface area contributed by atoms with Crippen LogP contribution in [0.2, 0.25) is 5.02 Å². The molecule has 0 bridgehead atoms. The van der Waals surface area contributed by atoms with Crippen LogP contribution >= 0.6 is 11.6 Å². The average molecular weight is 377 g/mol. The highest BCUT2D eigenvalue weighted by Gasteiger charge is 2.24. The Labute approximate surface area is 158 Å². The summed E-state index contributed by atoms with van der Waals surface area (Å²) >= 11 is 6.30. The van der Waals surface area contributed by atoms with Crippen molar-refractivity contribution in [2.75, 3.05) is 32.0 Å². The molecule has 1 aromatic heterocycles. The van der Waals surface area contributed by atoms with E-state index >= 15 is 0 Å². The third kappa shape index (κ3) is 3.67. The molecule has 140 valence electrons. The van der Waals surface area contributed by atoms with E-state index in [1.807, 2.05) is 0 Å². The van der Waals surface area contributed by atoms with Gasteiger partial charge in [-0.25, -0.2) is 0 Å². The van der Waals surface area contributed by atoms with Crippen molar-refractivity contribution in [1.82, 2.24) is 15.1 Å². The number of anilines is 1. The van der Waals surface area contributed by atoms with Gasteiger partial charge in [0.1, 0.15) is 5.75 Å². The monoisotopic (exact) mass is 376 g/mol. The number of rotatable bonds is 5. The number of aromatic nitrogens is 2. The van der Waals surface area contributed by atoms with Gasteiger partial charge in [-0.1, -0.05) is 18.0 Å². The normalized spacial score (nSPS) is 17.7. The molecular weight excluding hydrogens is 352 g/mol. The Morgan fingerprint density at radius 3 is 2.85 bits per heavy atom. The van der Waals surface area contributed by atoms with Gasteiger partial charge in [0.15, 0.2) is 0 Å². The van der Waals surface area contributed by atoms with Crippen LogP contribution in [-0.2, 0) is 12.8 Å². The number of nitrogens with two attached hydrogens (primary N) is 1. The maximum absolute atomic E-state index is 6.30. The van der Waals surface area contributed by atoms with Gasteiger partial charge < -0.3 is 19.8 Å². The number of fused-ring (bicyclic) bond motifs is 1. The predicted molar refractivity (Wildman–Crippen MR) is 102 cm³/mol. The molecule has 0 atom stereocenters. The lowest BCUT2D eigenvalue weighted by molar-refractivity contribution is 0.225. The van der Waals surface area contributed by atoms with Crippen LogP contribution < -0.4 is 10.5 Å². The van der Waals surface area contributed by atoms with Gasteiger partial charge in [0.05, 0.1) is 22.9 Å². The standard InChI is InChI=1S/C19H25ClN4O2/c20-15-12-14(18-13(17(15)21)6-5-11-25-18)19-23-22-16(26-19)7-4-10-24-8-2-1-3-9-24/h12H,1-11,21H2. The first-order chi connectivity index (χ1) is 12.7. The SMILES string of the molecule is Nc1c(Cl)cc(-c2nnc(CCCN3CCCCC3)o2)c2c1CCCO2. The molecule has 6 nitrogen and oxygen atoms in total. The molecule has 3 heterocycles. The van der Waals surface area contributed by atoms with Crippen LogP contribution in [0.4, 0.5) is 5.69 Å². The summed E-state index contributed by atoms with van der Waals surface area (Å²) in [6, 6.07) is 1.77. The molecule has 2 aromatic rings. The lowest BCUT2D eigenvalue weighted by atomic mass is 10.00. The van der Waals surface area contributed by atoms with Crippen LogP contribution in [-0.4, -0.2) is 41.3 Å². The molecule has 7 heteroatoms. The van der Waals surface area contributed by atoms with Crippen molar-refractivity contribution in [3.05, 3.63) is 22.5 Å². The number of hydrogen-bond acceptors (Lipinski definition) is 6. The molecule has 0 unspecified atom stereocenters. The van der Waals surface area contributed by atoms with Gasteiger partial charge in [-0.2, -0.15) is 0 Å². The Morgan fingerprint density at radius 1 is 1.15 bits per heavy atom. The minimum atomic E-state index is 0.457. The van der Waals surface area contributed by atoms with Crippen LogP contribution in [0.25, 0.3) is 11.5 Å². The molecule has 0 aliphatic carbocycles. The molecule has 4 rings (SSSR count). The molecule has 1 fully saturated rings. The maximum Gasteiger partial charge on any atom is 0.251 e. The van der Waals surface area contributed by atoms with E-state index in [0.717, 1.165) is 49.1 Å². The van der Waals surface area contributed by atoms with Crippen molar-refractivity contribution in [2.45, 2.75) is 44.9 Å². The molecule has 1 aromatic carbocycles. The van der Waals surface area contributed by atoms with Crippen molar-refractivity contribution in [3.8, 4) is 17.2 Å². The minimum absolute atomic E-state index is 0.457. The van der Waals surface area contributed by atoms with Crippen molar-refractivity contribution >= 4 is 17.3 Å². The Bertz CT molecular complexity index is 771. The van der Waals surface area contributed by atoms with E-state index in [1.165, 1.54) is 32.4 Å². The van der Waals surface area contributed by atoms with Crippen LogP contribution in [0.3, 0.4) is 0 Å². The smallest absolute Gasteiger partial charge is 0.251 e. The second-order valence-electron chi connectivity index (χ2n) is 7.09. The van der Waals surface area contributed by atoms with Gasteiger partial charge in [0.2, 0.25) is 5.89 Å². The predicted octanol–water partition coefficient (Wildman–Crippen LogP) is 3.72. The quantitative estimate of drug-likeness (QED) is 0.801. The summed E-state index contributed by atoms with van der Waals surface area (Å²) in [7, 11) is 0. The first-order valence-electron chi connectivity index (χ1n) is 9.51. The van der Waals surface area contributed by atoms with Crippen molar-refractivity contribution in [3.63, 3.8) is 0 Å². The van der Waals surface area contributed by atoms with Crippen LogP contribution in [0.15, 0.2) is 10.5 Å². The van der Waals surface area contributed by atoms with Crippen molar-refractivity contribution < 1.29 is 9.15 Å². The number of hydrogen-bond donors (Lipinski definition) is 1. The van der Waals surface area contributed by atoms with Gasteiger partial charge in [-0.05, 0) is 57.8 Å². The molecular formula is C19H25ClN4O2. The van der Waals surface area contributed by atoms with Gasteiger partial charge >= 0.3 is 0 Å². The topological polar surface area (TPSA) is 77.4 Å². The Morgan fingerprint density at radius 2 is 2.00 bits per heavy atom. The molecule has 0 amide bonds. The van der Waals surface area contributed by atoms with E-state index < -0.39 is 0 Å². The Kier molecular flexibility index (Phi) is 5.31. The summed E-state index contributed by atoms with van der Waals surface area (Å²) in [6.07, 6.45) is 7.59. The zero-order chi connectivity index (χ0) is 17.9. The molecule has 0 saturated carbocycles. The number of likely N-dealkylation sites (tertiary alicyclic amines) is 1. The summed E-state index contributed by atoms with van der Waals surface area (Å²) in [5.41, 5.74) is 8.39. The van der Waals surface area contributed by atoms with E-state index in [9.17, 15) is 0 Å². The van der Waals surface area contributed by atoms with E-state index in [1.54, 1.807) is 6.07 Å². The number of aryl methyl sites for hydroxylation is 1. The summed E-state index contributed by atoms with van der Waals surface area (Å²) in [5.74, 6) is 1.86. The van der Waals surface area contributed by atoms with E-state index in [4.69, 9.17) is 26.5 Å². The fourth-order valence-corrected chi connectivity index (χ4v) is 4.02. The number of ether oxygens (including phenoxy) is 1. The average Bonchev–Trinajstić information content (AvgIpc) is 3.14. The summed E-state index contributed by atoms with van der Waals surface area (Å²) in [5, 5.41) is 8.94. The van der Waals surface area contributed by atoms with Crippen LogP contribution in [0.1, 0.15) is 43.6 Å². The molecule has 2 aliphatic heterocycles. The molecule has 2 aliphatic rings. The summed E-state index contributed by atoms with van der Waals surface area (Å²) in [4.78, 5) is 2.52. The maximum atomic E-state index is 6.30. The molecule has 0 spiro atoms. The number of piperidine rings is 1. The largest absolute Gasteiger partial charge is 0.492 e. The van der Waals surface area contributed by atoms with Crippen molar-refractivity contribution in [1.29, 1.82) is 0 Å². The Balaban J connectivity index is 1.47. The lowest BCUT2D eigenvalue weighted by Gasteiger charge is -2.25. The lowest BCUT2D eigenvalue weighted by Crippen LogP contribution is -2.30. The first-order valence-corrected chi connectivity index (χ1v) is 9.89. The fraction of sp³-hybridized carbons (Fsp3) is 0.579.